The third-order valence-electron chi connectivity index (χ3n) is 3.89. The summed E-state index contributed by atoms with van der Waals surface area (Å²) < 4.78 is 10.2. The van der Waals surface area contributed by atoms with E-state index in [0.717, 1.165) is 39.3 Å². The average Bonchev–Trinajstić information content (AvgIpc) is 2.99. The Kier molecular flexibility index (Phi) is 7.67. The van der Waals surface area contributed by atoms with E-state index in [1.165, 1.54) is 4.90 Å². The standard InChI is InChI=1S/C16H25ClN4O4/c1-12-10-14(19-25-12)18-15(22)11-21(16(23)13(2)17)5-3-4-20-6-8-24-9-7-20/h10,13H,3-9,11H2,1-2H3,(H,18,19,22). The first kappa shape index (κ1) is 19.7. The van der Waals surface area contributed by atoms with Crippen LogP contribution in [0.4, 0.5) is 5.82 Å². The van der Waals surface area contributed by atoms with Gasteiger partial charge in [0, 0.05) is 32.2 Å². The van der Waals surface area contributed by atoms with Gasteiger partial charge in [0.1, 0.15) is 11.1 Å². The summed E-state index contributed by atoms with van der Waals surface area (Å²) in [7, 11) is 0. The Morgan fingerprint density at radius 2 is 2.16 bits per heavy atom. The Morgan fingerprint density at radius 1 is 1.44 bits per heavy atom. The summed E-state index contributed by atoms with van der Waals surface area (Å²) in [6.45, 7) is 7.87. The van der Waals surface area contributed by atoms with Crippen LogP contribution in [0.25, 0.3) is 0 Å². The van der Waals surface area contributed by atoms with Crippen LogP contribution in [0, 0.1) is 6.92 Å². The number of nitrogens with zero attached hydrogens (tertiary/aromatic N) is 3. The van der Waals surface area contributed by atoms with Gasteiger partial charge in [-0.05, 0) is 20.3 Å². The molecular formula is C16H25ClN4O4. The number of alkyl halides is 1. The highest BCUT2D eigenvalue weighted by Gasteiger charge is 2.22. The summed E-state index contributed by atoms with van der Waals surface area (Å²) in [6.07, 6.45) is 0.770. The highest BCUT2D eigenvalue weighted by Crippen LogP contribution is 2.09. The van der Waals surface area contributed by atoms with E-state index in [-0.39, 0.29) is 18.4 Å². The zero-order valence-electron chi connectivity index (χ0n) is 14.7. The van der Waals surface area contributed by atoms with E-state index in [4.69, 9.17) is 20.9 Å². The molecule has 25 heavy (non-hydrogen) atoms. The summed E-state index contributed by atoms with van der Waals surface area (Å²) in [4.78, 5) is 28.2. The predicted molar refractivity (Wildman–Crippen MR) is 93.6 cm³/mol. The van der Waals surface area contributed by atoms with Crippen molar-refractivity contribution in [3.8, 4) is 0 Å². The van der Waals surface area contributed by atoms with Gasteiger partial charge in [-0.25, -0.2) is 0 Å². The van der Waals surface area contributed by atoms with Gasteiger partial charge >= 0.3 is 0 Å². The van der Waals surface area contributed by atoms with Gasteiger partial charge in [0.25, 0.3) is 0 Å². The number of morpholine rings is 1. The Morgan fingerprint density at radius 3 is 2.76 bits per heavy atom. The topological polar surface area (TPSA) is 87.9 Å². The van der Waals surface area contributed by atoms with Crippen LogP contribution in [-0.2, 0) is 14.3 Å². The molecular weight excluding hydrogens is 348 g/mol. The first-order valence-corrected chi connectivity index (χ1v) is 8.85. The lowest BCUT2D eigenvalue weighted by Gasteiger charge is -2.28. The Balaban J connectivity index is 1.83. The SMILES string of the molecule is Cc1cc(NC(=O)CN(CCCN2CCOCC2)C(=O)C(C)Cl)no1. The van der Waals surface area contributed by atoms with Crippen LogP contribution in [0.1, 0.15) is 19.1 Å². The monoisotopic (exact) mass is 372 g/mol. The molecule has 1 saturated heterocycles. The summed E-state index contributed by atoms with van der Waals surface area (Å²) in [6, 6.07) is 1.62. The number of anilines is 1. The van der Waals surface area contributed by atoms with E-state index in [1.807, 2.05) is 0 Å². The molecule has 9 heteroatoms. The minimum Gasteiger partial charge on any atom is -0.379 e. The highest BCUT2D eigenvalue weighted by atomic mass is 35.5. The van der Waals surface area contributed by atoms with E-state index in [1.54, 1.807) is 19.9 Å². The highest BCUT2D eigenvalue weighted by molar-refractivity contribution is 6.30. The third kappa shape index (κ3) is 6.64. The minimum atomic E-state index is -0.675. The first-order chi connectivity index (χ1) is 12.0. The molecule has 2 heterocycles. The number of aryl methyl sites for hydroxylation is 1. The molecule has 0 radical (unpaired) electrons. The van der Waals surface area contributed by atoms with E-state index in [0.29, 0.717) is 18.1 Å². The lowest BCUT2D eigenvalue weighted by molar-refractivity contribution is -0.134. The fraction of sp³-hybridized carbons (Fsp3) is 0.688. The number of carbonyl (C=O) groups is 2. The van der Waals surface area contributed by atoms with Crippen LogP contribution in [-0.4, -0.2) is 78.1 Å². The Hall–Kier alpha value is -1.64. The van der Waals surface area contributed by atoms with Crippen LogP contribution in [0.3, 0.4) is 0 Å². The van der Waals surface area contributed by atoms with E-state index in [2.05, 4.69) is 15.4 Å². The maximum Gasteiger partial charge on any atom is 0.245 e. The lowest BCUT2D eigenvalue weighted by Crippen LogP contribution is -2.43. The number of nitrogens with one attached hydrogen (secondary N) is 1. The Labute approximate surface area is 152 Å². The van der Waals surface area contributed by atoms with Gasteiger partial charge in [0.2, 0.25) is 11.8 Å². The lowest BCUT2D eigenvalue weighted by atomic mass is 10.3. The maximum atomic E-state index is 12.3. The first-order valence-electron chi connectivity index (χ1n) is 8.42. The number of hydrogen-bond donors (Lipinski definition) is 1. The van der Waals surface area contributed by atoms with Crippen molar-refractivity contribution in [1.29, 1.82) is 0 Å². The molecule has 2 amide bonds. The summed E-state index contributed by atoms with van der Waals surface area (Å²) >= 11 is 5.92. The molecule has 8 nitrogen and oxygen atoms in total. The third-order valence-corrected chi connectivity index (χ3v) is 4.07. The van der Waals surface area contributed by atoms with Gasteiger partial charge in [0.15, 0.2) is 5.82 Å². The molecule has 140 valence electrons. The molecule has 1 fully saturated rings. The number of aromatic nitrogens is 1. The summed E-state index contributed by atoms with van der Waals surface area (Å²) in [5.74, 6) is 0.353. The van der Waals surface area contributed by atoms with Gasteiger partial charge in [-0.15, -0.1) is 11.6 Å². The van der Waals surface area contributed by atoms with Crippen molar-refractivity contribution in [2.45, 2.75) is 25.6 Å². The van der Waals surface area contributed by atoms with Crippen molar-refractivity contribution in [2.75, 3.05) is 51.3 Å². The summed E-state index contributed by atoms with van der Waals surface area (Å²) in [5, 5.41) is 5.65. The van der Waals surface area contributed by atoms with Crippen LogP contribution in [0.15, 0.2) is 10.6 Å². The smallest absolute Gasteiger partial charge is 0.245 e. The van der Waals surface area contributed by atoms with Crippen molar-refractivity contribution in [3.63, 3.8) is 0 Å². The molecule has 1 unspecified atom stereocenters. The zero-order chi connectivity index (χ0) is 18.2. The molecule has 1 aromatic rings. The molecule has 1 aromatic heterocycles. The van der Waals surface area contributed by atoms with Crippen LogP contribution < -0.4 is 5.32 Å². The number of amides is 2. The number of rotatable bonds is 8. The molecule has 0 saturated carbocycles. The fourth-order valence-electron chi connectivity index (χ4n) is 2.61. The number of halogens is 1. The van der Waals surface area contributed by atoms with Crippen molar-refractivity contribution >= 4 is 29.2 Å². The molecule has 0 spiro atoms. The van der Waals surface area contributed by atoms with Crippen LogP contribution in [0.2, 0.25) is 0 Å². The van der Waals surface area contributed by atoms with Crippen LogP contribution >= 0.6 is 11.6 Å². The zero-order valence-corrected chi connectivity index (χ0v) is 15.4. The maximum absolute atomic E-state index is 12.3. The molecule has 2 rings (SSSR count). The second kappa shape index (κ2) is 9.74. The summed E-state index contributed by atoms with van der Waals surface area (Å²) in [5.41, 5.74) is 0. The quantitative estimate of drug-likeness (QED) is 0.687. The normalized spacial score (nSPS) is 16.4. The van der Waals surface area contributed by atoms with E-state index < -0.39 is 5.38 Å². The van der Waals surface area contributed by atoms with E-state index in [9.17, 15) is 9.59 Å². The van der Waals surface area contributed by atoms with Gasteiger partial charge in [-0.2, -0.15) is 0 Å². The number of hydrogen-bond acceptors (Lipinski definition) is 6. The molecule has 1 aliphatic heterocycles. The minimum absolute atomic E-state index is 0.0646. The average molecular weight is 373 g/mol. The fourth-order valence-corrected chi connectivity index (χ4v) is 2.75. The van der Waals surface area contributed by atoms with Crippen molar-refractivity contribution in [3.05, 3.63) is 11.8 Å². The second-order valence-corrected chi connectivity index (χ2v) is 6.71. The van der Waals surface area contributed by atoms with Crippen LogP contribution in [0.5, 0.6) is 0 Å². The predicted octanol–water partition coefficient (Wildman–Crippen LogP) is 1.10. The molecule has 0 aromatic carbocycles. The second-order valence-electron chi connectivity index (χ2n) is 6.05. The van der Waals surface area contributed by atoms with Gasteiger partial charge in [-0.3, -0.25) is 14.5 Å². The van der Waals surface area contributed by atoms with Gasteiger partial charge in [0.05, 0.1) is 19.8 Å². The Bertz CT molecular complexity index is 572. The van der Waals surface area contributed by atoms with Gasteiger partial charge in [-0.1, -0.05) is 5.16 Å². The molecule has 1 N–H and O–H groups in total. The molecule has 1 atom stereocenters. The molecule has 0 aliphatic carbocycles. The van der Waals surface area contributed by atoms with Crippen molar-refractivity contribution in [2.24, 2.45) is 0 Å². The largest absolute Gasteiger partial charge is 0.379 e. The molecule has 0 bridgehead atoms. The van der Waals surface area contributed by atoms with E-state index >= 15 is 0 Å². The number of ether oxygens (including phenoxy) is 1. The van der Waals surface area contributed by atoms with Crippen molar-refractivity contribution in [1.82, 2.24) is 15.0 Å². The van der Waals surface area contributed by atoms with Gasteiger partial charge < -0.3 is 19.5 Å². The van der Waals surface area contributed by atoms with Crippen molar-refractivity contribution < 1.29 is 18.8 Å². The molecule has 1 aliphatic rings. The number of carbonyl (C=O) groups excluding carboxylic acids is 2.